The fourth-order valence-corrected chi connectivity index (χ4v) is 4.89. The number of nitrogens with one attached hydrogen (secondary N) is 1. The molecule has 1 aromatic heterocycles. The van der Waals surface area contributed by atoms with E-state index >= 15 is 0 Å². The smallest absolute Gasteiger partial charge is 0.0701 e. The van der Waals surface area contributed by atoms with Gasteiger partial charge in [-0.15, -0.1) is 11.3 Å². The molecule has 0 bridgehead atoms. The van der Waals surface area contributed by atoms with Crippen molar-refractivity contribution in [3.63, 3.8) is 0 Å². The Labute approximate surface area is 130 Å². The minimum Gasteiger partial charge on any atom is -0.309 e. The first-order valence-corrected chi connectivity index (χ1v) is 9.34. The minimum atomic E-state index is 0.575. The molecule has 0 aromatic carbocycles. The molecular weight excluding hydrogens is 318 g/mol. The van der Waals surface area contributed by atoms with Gasteiger partial charge in [0, 0.05) is 10.9 Å². The van der Waals surface area contributed by atoms with E-state index in [9.17, 15) is 0 Å². The summed E-state index contributed by atoms with van der Waals surface area (Å²) in [4.78, 5) is 1.52. The Balaban J connectivity index is 2.08. The molecule has 3 heteroatoms. The van der Waals surface area contributed by atoms with Crippen molar-refractivity contribution in [2.45, 2.75) is 58.4 Å². The quantitative estimate of drug-likeness (QED) is 0.691. The van der Waals surface area contributed by atoms with E-state index in [0.717, 1.165) is 18.4 Å². The lowest BCUT2D eigenvalue weighted by Gasteiger charge is -2.34. The highest BCUT2D eigenvalue weighted by atomic mass is 79.9. The van der Waals surface area contributed by atoms with Gasteiger partial charge in [0.2, 0.25) is 0 Å². The summed E-state index contributed by atoms with van der Waals surface area (Å²) < 4.78 is 1.26. The first-order valence-electron chi connectivity index (χ1n) is 7.73. The maximum absolute atomic E-state index is 3.80. The van der Waals surface area contributed by atoms with Crippen molar-refractivity contribution in [1.82, 2.24) is 5.32 Å². The summed E-state index contributed by atoms with van der Waals surface area (Å²) in [5.74, 6) is 1.78. The van der Waals surface area contributed by atoms with Crippen molar-refractivity contribution in [2.24, 2.45) is 11.8 Å². The standard InChI is InChI=1S/C16H26BrNS/c1-3-10-18-16(14-8-9-15(17)19-14)13-7-5-6-12(4-2)11-13/h8-9,12-13,16,18H,3-7,10-11H2,1-2H3. The van der Waals surface area contributed by atoms with Crippen LogP contribution in [0.2, 0.25) is 0 Å². The van der Waals surface area contributed by atoms with E-state index in [1.54, 1.807) is 0 Å². The summed E-state index contributed by atoms with van der Waals surface area (Å²) >= 11 is 5.51. The predicted octanol–water partition coefficient (Wildman–Crippen LogP) is 5.77. The van der Waals surface area contributed by atoms with Gasteiger partial charge < -0.3 is 5.32 Å². The zero-order chi connectivity index (χ0) is 13.7. The molecule has 1 N–H and O–H groups in total. The average Bonchev–Trinajstić information content (AvgIpc) is 2.86. The van der Waals surface area contributed by atoms with Crippen LogP contribution in [-0.4, -0.2) is 6.54 Å². The molecule has 1 aromatic rings. The molecule has 0 amide bonds. The number of halogens is 1. The van der Waals surface area contributed by atoms with Gasteiger partial charge in [-0.3, -0.25) is 0 Å². The van der Waals surface area contributed by atoms with Gasteiger partial charge in [-0.2, -0.15) is 0 Å². The van der Waals surface area contributed by atoms with Gasteiger partial charge in [0.15, 0.2) is 0 Å². The first-order chi connectivity index (χ1) is 9.24. The van der Waals surface area contributed by atoms with E-state index < -0.39 is 0 Å². The summed E-state index contributed by atoms with van der Waals surface area (Å²) in [6.45, 7) is 5.74. The second-order valence-electron chi connectivity index (χ2n) is 5.77. The predicted molar refractivity (Wildman–Crippen MR) is 88.8 cm³/mol. The van der Waals surface area contributed by atoms with Crippen molar-refractivity contribution in [3.05, 3.63) is 20.8 Å². The molecule has 1 heterocycles. The fraction of sp³-hybridized carbons (Fsp3) is 0.750. The third-order valence-electron chi connectivity index (χ3n) is 4.39. The molecule has 1 nitrogen and oxygen atoms in total. The highest BCUT2D eigenvalue weighted by molar-refractivity contribution is 9.11. The van der Waals surface area contributed by atoms with E-state index in [4.69, 9.17) is 0 Å². The van der Waals surface area contributed by atoms with Gasteiger partial charge >= 0.3 is 0 Å². The van der Waals surface area contributed by atoms with Crippen molar-refractivity contribution in [2.75, 3.05) is 6.54 Å². The lowest BCUT2D eigenvalue weighted by molar-refractivity contribution is 0.211. The molecule has 3 atom stereocenters. The van der Waals surface area contributed by atoms with Gasteiger partial charge in [0.05, 0.1) is 3.79 Å². The maximum Gasteiger partial charge on any atom is 0.0701 e. The second-order valence-corrected chi connectivity index (χ2v) is 8.27. The summed E-state index contributed by atoms with van der Waals surface area (Å²) in [5, 5.41) is 3.80. The Hall–Kier alpha value is 0.140. The molecule has 0 radical (unpaired) electrons. The first kappa shape index (κ1) is 15.5. The van der Waals surface area contributed by atoms with Crippen molar-refractivity contribution < 1.29 is 0 Å². The fourth-order valence-electron chi connectivity index (χ4n) is 3.30. The normalized spacial score (nSPS) is 25.4. The SMILES string of the molecule is CCCNC(c1ccc(Br)s1)C1CCCC(CC)C1. The largest absolute Gasteiger partial charge is 0.309 e. The van der Waals surface area contributed by atoms with Crippen LogP contribution in [0, 0.1) is 11.8 Å². The molecule has 1 saturated carbocycles. The Morgan fingerprint density at radius 3 is 2.84 bits per heavy atom. The lowest BCUT2D eigenvalue weighted by atomic mass is 9.76. The Kier molecular flexibility index (Phi) is 6.37. The summed E-state index contributed by atoms with van der Waals surface area (Å²) in [5.41, 5.74) is 0. The van der Waals surface area contributed by atoms with Gasteiger partial charge in [-0.05, 0) is 65.7 Å². The highest BCUT2D eigenvalue weighted by Gasteiger charge is 2.29. The Bertz CT molecular complexity index is 377. The average molecular weight is 344 g/mol. The molecule has 19 heavy (non-hydrogen) atoms. The second kappa shape index (κ2) is 7.80. The minimum absolute atomic E-state index is 0.575. The summed E-state index contributed by atoms with van der Waals surface area (Å²) in [6.07, 6.45) is 8.24. The van der Waals surface area contributed by atoms with E-state index in [1.807, 2.05) is 11.3 Å². The monoisotopic (exact) mass is 343 g/mol. The molecule has 3 unspecified atom stereocenters. The van der Waals surface area contributed by atoms with Crippen molar-refractivity contribution >= 4 is 27.3 Å². The molecule has 1 fully saturated rings. The highest BCUT2D eigenvalue weighted by Crippen LogP contribution is 2.40. The van der Waals surface area contributed by atoms with Crippen molar-refractivity contribution in [1.29, 1.82) is 0 Å². The van der Waals surface area contributed by atoms with Crippen LogP contribution in [-0.2, 0) is 0 Å². The van der Waals surface area contributed by atoms with Crippen LogP contribution in [0.15, 0.2) is 15.9 Å². The number of thiophene rings is 1. The van der Waals surface area contributed by atoms with Crippen molar-refractivity contribution in [3.8, 4) is 0 Å². The molecule has 1 aliphatic rings. The van der Waals surface area contributed by atoms with Crippen LogP contribution >= 0.6 is 27.3 Å². The van der Waals surface area contributed by atoms with Gasteiger partial charge in [-0.25, -0.2) is 0 Å². The lowest BCUT2D eigenvalue weighted by Crippen LogP contribution is -2.31. The number of hydrogen-bond donors (Lipinski definition) is 1. The van der Waals surface area contributed by atoms with Crippen LogP contribution in [0.4, 0.5) is 0 Å². The van der Waals surface area contributed by atoms with Gasteiger partial charge in [-0.1, -0.05) is 33.1 Å². The molecule has 0 spiro atoms. The van der Waals surface area contributed by atoms with E-state index in [2.05, 4.69) is 47.2 Å². The van der Waals surface area contributed by atoms with Crippen LogP contribution in [0.3, 0.4) is 0 Å². The van der Waals surface area contributed by atoms with Crippen LogP contribution in [0.25, 0.3) is 0 Å². The number of rotatable bonds is 6. The summed E-state index contributed by atoms with van der Waals surface area (Å²) in [7, 11) is 0. The van der Waals surface area contributed by atoms with Crippen LogP contribution < -0.4 is 5.32 Å². The Morgan fingerprint density at radius 1 is 1.37 bits per heavy atom. The van der Waals surface area contributed by atoms with E-state index in [-0.39, 0.29) is 0 Å². The molecule has 108 valence electrons. The molecule has 1 aliphatic carbocycles. The van der Waals surface area contributed by atoms with Crippen LogP contribution in [0.5, 0.6) is 0 Å². The zero-order valence-corrected chi connectivity index (χ0v) is 14.5. The molecule has 0 aliphatic heterocycles. The summed E-state index contributed by atoms with van der Waals surface area (Å²) in [6, 6.07) is 5.07. The third kappa shape index (κ3) is 4.30. The van der Waals surface area contributed by atoms with Gasteiger partial charge in [0.1, 0.15) is 0 Å². The molecule has 0 saturated heterocycles. The number of hydrogen-bond acceptors (Lipinski definition) is 2. The Morgan fingerprint density at radius 2 is 2.21 bits per heavy atom. The third-order valence-corrected chi connectivity index (χ3v) is 6.09. The van der Waals surface area contributed by atoms with Crippen LogP contribution in [0.1, 0.15) is 63.3 Å². The van der Waals surface area contributed by atoms with E-state index in [1.165, 1.54) is 47.2 Å². The molecule has 2 rings (SSSR count). The zero-order valence-electron chi connectivity index (χ0n) is 12.1. The van der Waals surface area contributed by atoms with E-state index in [0.29, 0.717) is 6.04 Å². The van der Waals surface area contributed by atoms with Gasteiger partial charge in [0.25, 0.3) is 0 Å². The maximum atomic E-state index is 3.80. The topological polar surface area (TPSA) is 12.0 Å². The molecular formula is C16H26BrNS.